The quantitative estimate of drug-likeness (QED) is 0.831. The van der Waals surface area contributed by atoms with Crippen LogP contribution in [0.15, 0.2) is 53.4 Å². The molecule has 2 aromatic carbocycles. The van der Waals surface area contributed by atoms with Crippen LogP contribution in [0.3, 0.4) is 0 Å². The third-order valence-electron chi connectivity index (χ3n) is 5.71. The Morgan fingerprint density at radius 3 is 2.76 bits per heavy atom. The molecule has 0 radical (unpaired) electrons. The van der Waals surface area contributed by atoms with Crippen LogP contribution in [0.4, 0.5) is 0 Å². The molecule has 154 valence electrons. The number of piperidine rings is 1. The summed E-state index contributed by atoms with van der Waals surface area (Å²) in [7, 11) is -3.62. The number of sulfonamides is 1. The number of hydrogen-bond donors (Lipinski definition) is 1. The highest BCUT2D eigenvalue weighted by molar-refractivity contribution is 7.89. The molecule has 2 aromatic rings. The predicted octanol–water partition coefficient (Wildman–Crippen LogP) is 3.50. The van der Waals surface area contributed by atoms with Crippen molar-refractivity contribution in [1.82, 2.24) is 9.62 Å². The molecule has 2 aliphatic heterocycles. The van der Waals surface area contributed by atoms with Gasteiger partial charge in [-0.05, 0) is 44.0 Å². The normalized spacial score (nSPS) is 22.4. The molecule has 1 saturated heterocycles. The van der Waals surface area contributed by atoms with Gasteiger partial charge in [0.05, 0.1) is 17.5 Å². The van der Waals surface area contributed by atoms with Gasteiger partial charge in [0.1, 0.15) is 5.75 Å². The predicted molar refractivity (Wildman–Crippen MR) is 110 cm³/mol. The van der Waals surface area contributed by atoms with Gasteiger partial charge in [0.15, 0.2) is 0 Å². The molecule has 0 spiro atoms. The van der Waals surface area contributed by atoms with E-state index >= 15 is 0 Å². The van der Waals surface area contributed by atoms with Crippen molar-refractivity contribution in [2.75, 3.05) is 13.2 Å². The summed E-state index contributed by atoms with van der Waals surface area (Å²) in [5.74, 6) is 0.495. The minimum Gasteiger partial charge on any atom is -0.493 e. The first kappa shape index (κ1) is 19.9. The Bertz CT molecular complexity index is 1010. The average molecular weight is 415 g/mol. The van der Waals surface area contributed by atoms with E-state index in [0.717, 1.165) is 30.6 Å². The van der Waals surface area contributed by atoms with Crippen molar-refractivity contribution >= 4 is 15.9 Å². The fraction of sp³-hybridized carbons (Fsp3) is 0.409. The van der Waals surface area contributed by atoms with Gasteiger partial charge in [0, 0.05) is 30.1 Å². The monoisotopic (exact) mass is 414 g/mol. The highest BCUT2D eigenvalue weighted by Gasteiger charge is 2.31. The van der Waals surface area contributed by atoms with E-state index in [1.807, 2.05) is 31.2 Å². The van der Waals surface area contributed by atoms with Gasteiger partial charge in [-0.1, -0.05) is 30.7 Å². The Morgan fingerprint density at radius 2 is 1.93 bits per heavy atom. The van der Waals surface area contributed by atoms with E-state index in [9.17, 15) is 13.2 Å². The second-order valence-electron chi connectivity index (χ2n) is 7.69. The molecule has 0 bridgehead atoms. The summed E-state index contributed by atoms with van der Waals surface area (Å²) in [6, 6.07) is 13.8. The minimum absolute atomic E-state index is 0.0232. The molecule has 1 amide bonds. The maximum atomic E-state index is 13.1. The standard InChI is InChI=1S/C22H26N2O4S/c1-16-7-4-5-13-24(16)29(26,27)18-9-6-8-17(15-18)22(25)23-20-12-14-28-21-11-3-2-10-19(20)21/h2-3,6,8-11,15-16,20H,4-5,7,12-14H2,1H3,(H,23,25)/t16-,20+/m1/s1. The van der Waals surface area contributed by atoms with E-state index < -0.39 is 10.0 Å². The zero-order valence-electron chi connectivity index (χ0n) is 16.5. The first-order chi connectivity index (χ1) is 14.0. The Labute approximate surface area is 171 Å². The van der Waals surface area contributed by atoms with Crippen LogP contribution in [-0.2, 0) is 10.0 Å². The lowest BCUT2D eigenvalue weighted by atomic mass is 10.00. The smallest absolute Gasteiger partial charge is 0.251 e. The van der Waals surface area contributed by atoms with Crippen LogP contribution in [0.25, 0.3) is 0 Å². The number of ether oxygens (including phenoxy) is 1. The molecule has 2 atom stereocenters. The fourth-order valence-corrected chi connectivity index (χ4v) is 5.84. The largest absolute Gasteiger partial charge is 0.493 e. The highest BCUT2D eigenvalue weighted by Crippen LogP contribution is 2.32. The number of rotatable bonds is 4. The van der Waals surface area contributed by atoms with Crippen LogP contribution >= 0.6 is 0 Å². The number of carbonyl (C=O) groups excluding carboxylic acids is 1. The van der Waals surface area contributed by atoms with Gasteiger partial charge in [-0.2, -0.15) is 4.31 Å². The Kier molecular flexibility index (Phi) is 5.61. The van der Waals surface area contributed by atoms with Crippen molar-refractivity contribution in [3.8, 4) is 5.75 Å². The second-order valence-corrected chi connectivity index (χ2v) is 9.58. The Hall–Kier alpha value is -2.38. The Balaban J connectivity index is 1.55. The minimum atomic E-state index is -3.62. The first-order valence-corrected chi connectivity index (χ1v) is 11.6. The molecule has 7 heteroatoms. The van der Waals surface area contributed by atoms with E-state index in [0.29, 0.717) is 25.1 Å². The number of para-hydroxylation sites is 1. The maximum absolute atomic E-state index is 13.1. The van der Waals surface area contributed by atoms with E-state index in [1.165, 1.54) is 6.07 Å². The van der Waals surface area contributed by atoms with Crippen LogP contribution in [0.1, 0.15) is 54.6 Å². The molecule has 2 heterocycles. The average Bonchev–Trinajstić information content (AvgIpc) is 2.74. The van der Waals surface area contributed by atoms with Crippen molar-refractivity contribution in [3.63, 3.8) is 0 Å². The zero-order chi connectivity index (χ0) is 20.4. The lowest BCUT2D eigenvalue weighted by molar-refractivity contribution is 0.0924. The molecule has 2 aliphatic rings. The molecule has 29 heavy (non-hydrogen) atoms. The third kappa shape index (κ3) is 4.02. The Morgan fingerprint density at radius 1 is 1.10 bits per heavy atom. The summed E-state index contributed by atoms with van der Waals surface area (Å²) >= 11 is 0. The summed E-state index contributed by atoms with van der Waals surface area (Å²) in [6.07, 6.45) is 3.45. The molecule has 0 unspecified atom stereocenters. The molecule has 4 rings (SSSR count). The van der Waals surface area contributed by atoms with E-state index in [2.05, 4.69) is 5.32 Å². The van der Waals surface area contributed by atoms with Crippen molar-refractivity contribution < 1.29 is 17.9 Å². The number of fused-ring (bicyclic) bond motifs is 1. The molecule has 1 N–H and O–H groups in total. The van der Waals surface area contributed by atoms with Crippen LogP contribution in [0.5, 0.6) is 5.75 Å². The van der Waals surface area contributed by atoms with Gasteiger partial charge < -0.3 is 10.1 Å². The fourth-order valence-electron chi connectivity index (χ4n) is 4.10. The van der Waals surface area contributed by atoms with Crippen molar-refractivity contribution in [2.24, 2.45) is 0 Å². The summed E-state index contributed by atoms with van der Waals surface area (Å²) in [6.45, 7) is 3.00. The van der Waals surface area contributed by atoms with E-state index in [-0.39, 0.29) is 22.9 Å². The van der Waals surface area contributed by atoms with Crippen LogP contribution < -0.4 is 10.1 Å². The lowest BCUT2D eigenvalue weighted by Gasteiger charge is -2.32. The molecular formula is C22H26N2O4S. The van der Waals surface area contributed by atoms with Crippen LogP contribution in [-0.4, -0.2) is 37.8 Å². The van der Waals surface area contributed by atoms with Crippen LogP contribution in [0.2, 0.25) is 0 Å². The number of hydrogen-bond acceptors (Lipinski definition) is 4. The van der Waals surface area contributed by atoms with E-state index in [1.54, 1.807) is 22.5 Å². The summed E-state index contributed by atoms with van der Waals surface area (Å²) in [5, 5.41) is 3.03. The molecule has 1 fully saturated rings. The first-order valence-electron chi connectivity index (χ1n) is 10.1. The topological polar surface area (TPSA) is 75.7 Å². The van der Waals surface area contributed by atoms with Gasteiger partial charge >= 0.3 is 0 Å². The number of carbonyl (C=O) groups is 1. The number of nitrogens with one attached hydrogen (secondary N) is 1. The van der Waals surface area contributed by atoms with Gasteiger partial charge in [0.25, 0.3) is 5.91 Å². The molecule has 6 nitrogen and oxygen atoms in total. The van der Waals surface area contributed by atoms with Crippen LogP contribution in [0, 0.1) is 0 Å². The number of benzene rings is 2. The van der Waals surface area contributed by atoms with Gasteiger partial charge in [-0.25, -0.2) is 8.42 Å². The lowest BCUT2D eigenvalue weighted by Crippen LogP contribution is -2.42. The van der Waals surface area contributed by atoms with E-state index in [4.69, 9.17) is 4.74 Å². The molecule has 0 aromatic heterocycles. The summed E-state index contributed by atoms with van der Waals surface area (Å²) < 4.78 is 33.4. The van der Waals surface area contributed by atoms with Crippen molar-refractivity contribution in [1.29, 1.82) is 0 Å². The third-order valence-corrected chi connectivity index (χ3v) is 7.72. The van der Waals surface area contributed by atoms with Gasteiger partial charge in [-0.15, -0.1) is 0 Å². The van der Waals surface area contributed by atoms with Gasteiger partial charge in [0.2, 0.25) is 10.0 Å². The molecule has 0 aliphatic carbocycles. The highest BCUT2D eigenvalue weighted by atomic mass is 32.2. The number of nitrogens with zero attached hydrogens (tertiary/aromatic N) is 1. The van der Waals surface area contributed by atoms with Crippen molar-refractivity contribution in [2.45, 2.75) is 49.6 Å². The second kappa shape index (κ2) is 8.16. The van der Waals surface area contributed by atoms with Crippen molar-refractivity contribution in [3.05, 3.63) is 59.7 Å². The summed E-state index contributed by atoms with van der Waals surface area (Å²) in [5.41, 5.74) is 1.29. The summed E-state index contributed by atoms with van der Waals surface area (Å²) in [4.78, 5) is 13.1. The SMILES string of the molecule is C[C@@H]1CCCCN1S(=O)(=O)c1cccc(C(=O)N[C@H]2CCOc3ccccc32)c1. The molecule has 0 saturated carbocycles. The maximum Gasteiger partial charge on any atom is 0.251 e. The zero-order valence-corrected chi connectivity index (χ0v) is 17.3. The molecular weight excluding hydrogens is 388 g/mol. The number of amides is 1. The van der Waals surface area contributed by atoms with Gasteiger partial charge in [-0.3, -0.25) is 4.79 Å².